The number of rotatable bonds is 6. The van der Waals surface area contributed by atoms with E-state index < -0.39 is 17.8 Å². The van der Waals surface area contributed by atoms with Gasteiger partial charge in [0.05, 0.1) is 43.5 Å². The topological polar surface area (TPSA) is 71.0 Å². The maximum Gasteiger partial charge on any atom is 0.416 e. The Morgan fingerprint density at radius 3 is 2.64 bits per heavy atom. The zero-order valence-electron chi connectivity index (χ0n) is 19.7. The molecule has 2 saturated heterocycles. The predicted molar refractivity (Wildman–Crippen MR) is 128 cm³/mol. The van der Waals surface area contributed by atoms with E-state index in [0.717, 1.165) is 17.7 Å². The molecule has 0 saturated carbocycles. The molecule has 0 aromatic heterocycles. The number of nitrogens with one attached hydrogen (secondary N) is 1. The Bertz CT molecular complexity index is 1020. The Labute approximate surface area is 213 Å². The van der Waals surface area contributed by atoms with Gasteiger partial charge in [0.2, 0.25) is 5.91 Å². The summed E-state index contributed by atoms with van der Waals surface area (Å²) in [6.07, 6.45) is -4.33. The second kappa shape index (κ2) is 11.9. The highest BCUT2D eigenvalue weighted by Gasteiger charge is 2.38. The van der Waals surface area contributed by atoms with Crippen molar-refractivity contribution in [3.8, 4) is 0 Å². The second-order valence-electron chi connectivity index (χ2n) is 9.37. The summed E-state index contributed by atoms with van der Waals surface area (Å²) in [6, 6.07) is 12.3. The molecule has 0 radical (unpaired) electrons. The fourth-order valence-corrected chi connectivity index (χ4v) is 4.92. The molecule has 2 heterocycles. The molecule has 0 unspecified atom stereocenters. The van der Waals surface area contributed by atoms with E-state index in [1.807, 2.05) is 17.0 Å². The zero-order valence-corrected chi connectivity index (χ0v) is 20.5. The predicted octanol–water partition coefficient (Wildman–Crippen LogP) is 4.17. The van der Waals surface area contributed by atoms with Gasteiger partial charge < -0.3 is 19.9 Å². The van der Waals surface area contributed by atoms with E-state index in [1.165, 1.54) is 6.07 Å². The van der Waals surface area contributed by atoms with Crippen LogP contribution in [-0.2, 0) is 33.5 Å². The number of ether oxygens (including phenoxy) is 2. The number of benzene rings is 2. The Morgan fingerprint density at radius 1 is 1.11 bits per heavy atom. The number of hydrogen-bond donors (Lipinski definition) is 2. The number of β-amino-alcohol motifs (C(OH)–C–C–N with tert-alkyl or cyclic N) is 1. The number of nitrogens with zero attached hydrogens (tertiary/aromatic N) is 1. The summed E-state index contributed by atoms with van der Waals surface area (Å²) in [7, 11) is 0. The Kier molecular flexibility index (Phi) is 8.90. The van der Waals surface area contributed by atoms with Crippen LogP contribution in [0.4, 0.5) is 13.2 Å². The summed E-state index contributed by atoms with van der Waals surface area (Å²) in [6.45, 7) is 1.24. The Morgan fingerprint density at radius 2 is 1.89 bits per heavy atom. The van der Waals surface area contributed by atoms with Gasteiger partial charge in [-0.15, -0.1) is 0 Å². The number of hydrogen-bond acceptors (Lipinski definition) is 5. The molecule has 36 heavy (non-hydrogen) atoms. The summed E-state index contributed by atoms with van der Waals surface area (Å²) in [5.74, 6) is -0.128. The third kappa shape index (κ3) is 7.43. The maximum absolute atomic E-state index is 13.2. The molecule has 2 fully saturated rings. The number of carbonyl (C=O) groups is 1. The highest BCUT2D eigenvalue weighted by Crippen LogP contribution is 2.32. The lowest BCUT2D eigenvalue weighted by Gasteiger charge is -2.44. The van der Waals surface area contributed by atoms with E-state index >= 15 is 0 Å². The Balaban J connectivity index is 1.37. The molecule has 196 valence electrons. The number of amides is 1. The van der Waals surface area contributed by atoms with E-state index in [4.69, 9.17) is 21.1 Å². The number of aliphatic hydroxyl groups excluding tert-OH is 1. The van der Waals surface area contributed by atoms with Crippen molar-refractivity contribution in [1.82, 2.24) is 10.2 Å². The lowest BCUT2D eigenvalue weighted by molar-refractivity contribution is -0.158. The molecule has 0 spiro atoms. The van der Waals surface area contributed by atoms with E-state index in [1.54, 1.807) is 18.2 Å². The number of aliphatic hydroxyl groups is 1. The molecule has 4 atom stereocenters. The first-order chi connectivity index (χ1) is 17.2. The van der Waals surface area contributed by atoms with Gasteiger partial charge in [0.25, 0.3) is 0 Å². The summed E-state index contributed by atoms with van der Waals surface area (Å²) >= 11 is 5.89. The second-order valence-corrected chi connectivity index (χ2v) is 9.80. The van der Waals surface area contributed by atoms with Crippen LogP contribution in [0.15, 0.2) is 48.5 Å². The van der Waals surface area contributed by atoms with Crippen molar-refractivity contribution in [2.24, 2.45) is 0 Å². The molecule has 6 nitrogen and oxygen atoms in total. The van der Waals surface area contributed by atoms with Gasteiger partial charge >= 0.3 is 6.18 Å². The number of fused-ring (bicyclic) bond motifs is 1. The van der Waals surface area contributed by atoms with Crippen molar-refractivity contribution in [2.75, 3.05) is 19.8 Å². The molecule has 0 bridgehead atoms. The highest BCUT2D eigenvalue weighted by atomic mass is 35.5. The quantitative estimate of drug-likeness (QED) is 0.591. The highest BCUT2D eigenvalue weighted by molar-refractivity contribution is 6.30. The van der Waals surface area contributed by atoms with Gasteiger partial charge in [0.15, 0.2) is 0 Å². The monoisotopic (exact) mass is 526 g/mol. The van der Waals surface area contributed by atoms with Crippen LogP contribution < -0.4 is 5.32 Å². The standard InChI is InChI=1S/C26H30ClF3N2O4/c27-20-6-4-17(5-7-20)12-31-25(34)11-22-8-9-23-24(36-22)16-35-15-21(33)14-32(23)13-18-2-1-3-19(10-18)26(28,29)30/h1-7,10,21-24,33H,8-9,11-16H2,(H,31,34)/t21-,22+,23+,24-/m0/s1. The molecular weight excluding hydrogens is 497 g/mol. The van der Waals surface area contributed by atoms with E-state index in [9.17, 15) is 23.1 Å². The van der Waals surface area contributed by atoms with Crippen molar-refractivity contribution in [2.45, 2.75) is 62.9 Å². The summed E-state index contributed by atoms with van der Waals surface area (Å²) in [4.78, 5) is 14.5. The van der Waals surface area contributed by atoms with E-state index in [2.05, 4.69) is 5.32 Å². The van der Waals surface area contributed by atoms with Crippen molar-refractivity contribution >= 4 is 17.5 Å². The SMILES string of the molecule is O=C(C[C@H]1CC[C@@H]2[C@H](COC[C@@H](O)CN2Cc2cccc(C(F)(F)F)c2)O1)NCc1ccc(Cl)cc1. The van der Waals surface area contributed by atoms with Crippen LogP contribution in [0.2, 0.25) is 5.02 Å². The summed E-state index contributed by atoms with van der Waals surface area (Å²) in [5.41, 5.74) is 0.757. The van der Waals surface area contributed by atoms with Crippen molar-refractivity contribution in [3.63, 3.8) is 0 Å². The molecule has 4 rings (SSSR count). The molecule has 10 heteroatoms. The van der Waals surface area contributed by atoms with E-state index in [-0.39, 0.29) is 56.9 Å². The minimum absolute atomic E-state index is 0.109. The van der Waals surface area contributed by atoms with Gasteiger partial charge in [0.1, 0.15) is 0 Å². The lowest BCUT2D eigenvalue weighted by Crippen LogP contribution is -2.55. The molecule has 0 aliphatic carbocycles. The summed E-state index contributed by atoms with van der Waals surface area (Å²) in [5, 5.41) is 13.9. The Hall–Kier alpha value is -2.17. The first-order valence-corrected chi connectivity index (χ1v) is 12.4. The number of carbonyl (C=O) groups excluding carboxylic acids is 1. The van der Waals surface area contributed by atoms with Crippen LogP contribution in [-0.4, -0.2) is 60.0 Å². The van der Waals surface area contributed by atoms with Crippen LogP contribution in [0.5, 0.6) is 0 Å². The summed E-state index contributed by atoms with van der Waals surface area (Å²) < 4.78 is 51.4. The van der Waals surface area contributed by atoms with Gasteiger partial charge in [-0.25, -0.2) is 0 Å². The number of alkyl halides is 3. The zero-order chi connectivity index (χ0) is 25.7. The van der Waals surface area contributed by atoms with Gasteiger partial charge in [-0.2, -0.15) is 13.2 Å². The minimum atomic E-state index is -4.42. The molecule has 2 aliphatic heterocycles. The van der Waals surface area contributed by atoms with Crippen molar-refractivity contribution < 1.29 is 32.5 Å². The molecular formula is C26H30ClF3N2O4. The molecule has 2 N–H and O–H groups in total. The van der Waals surface area contributed by atoms with Crippen molar-refractivity contribution in [3.05, 3.63) is 70.2 Å². The van der Waals surface area contributed by atoms with Gasteiger partial charge in [-0.05, 0) is 42.2 Å². The van der Waals surface area contributed by atoms with Crippen LogP contribution in [0.25, 0.3) is 0 Å². The van der Waals surface area contributed by atoms with Crippen LogP contribution in [0.1, 0.15) is 36.0 Å². The maximum atomic E-state index is 13.2. The van der Waals surface area contributed by atoms with Crippen LogP contribution in [0.3, 0.4) is 0 Å². The third-order valence-corrected chi connectivity index (χ3v) is 6.80. The molecule has 2 aromatic carbocycles. The van der Waals surface area contributed by atoms with Crippen LogP contribution in [0, 0.1) is 0 Å². The van der Waals surface area contributed by atoms with Gasteiger partial charge in [-0.1, -0.05) is 41.9 Å². The van der Waals surface area contributed by atoms with Crippen molar-refractivity contribution in [1.29, 1.82) is 0 Å². The average molecular weight is 527 g/mol. The lowest BCUT2D eigenvalue weighted by atomic mass is 9.94. The fourth-order valence-electron chi connectivity index (χ4n) is 4.79. The third-order valence-electron chi connectivity index (χ3n) is 6.54. The smallest absolute Gasteiger partial charge is 0.389 e. The average Bonchev–Trinajstić information content (AvgIpc) is 2.82. The van der Waals surface area contributed by atoms with Crippen LogP contribution >= 0.6 is 11.6 Å². The first-order valence-electron chi connectivity index (χ1n) is 12.0. The normalized spacial score (nSPS) is 25.5. The van der Waals surface area contributed by atoms with E-state index in [0.29, 0.717) is 30.0 Å². The molecule has 2 aliphatic rings. The fraction of sp³-hybridized carbons (Fsp3) is 0.500. The minimum Gasteiger partial charge on any atom is -0.389 e. The van der Waals surface area contributed by atoms with Gasteiger partial charge in [0, 0.05) is 30.7 Å². The molecule has 1 amide bonds. The first kappa shape index (κ1) is 26.9. The number of halogens is 4. The largest absolute Gasteiger partial charge is 0.416 e. The van der Waals surface area contributed by atoms with Gasteiger partial charge in [-0.3, -0.25) is 9.69 Å². The molecule has 2 aromatic rings.